The summed E-state index contributed by atoms with van der Waals surface area (Å²) < 4.78 is -0.434. The third kappa shape index (κ3) is 0.816. The first-order chi connectivity index (χ1) is 4.50. The Kier molecular flexibility index (Phi) is 1.98. The van der Waals surface area contributed by atoms with Gasteiger partial charge in [0.25, 0.3) is 0 Å². The minimum atomic E-state index is -0.434. The maximum Gasteiger partial charge on any atom is 0.127 e. The average Bonchev–Trinajstić information content (AvgIpc) is 2.29. The molecule has 2 unspecified atom stereocenters. The summed E-state index contributed by atoms with van der Waals surface area (Å²) in [5.41, 5.74) is 0.185. The molecule has 2 heteroatoms. The van der Waals surface area contributed by atoms with Crippen LogP contribution in [-0.2, 0) is 0 Å². The number of halogens is 2. The van der Waals surface area contributed by atoms with Gasteiger partial charge < -0.3 is 0 Å². The second-order valence-corrected chi connectivity index (χ2v) is 4.74. The molecule has 1 saturated carbocycles. The van der Waals surface area contributed by atoms with Crippen LogP contribution in [0.1, 0.15) is 33.6 Å². The smallest absolute Gasteiger partial charge is 0.101 e. The molecular formula is C8H14Cl2. The summed E-state index contributed by atoms with van der Waals surface area (Å²) in [6.07, 6.45) is 2.18. The van der Waals surface area contributed by atoms with E-state index in [9.17, 15) is 0 Å². The SMILES string of the molecule is CCC1C(Cl)(Cl)C1(C)CC. The molecule has 1 rings (SSSR count). The largest absolute Gasteiger partial charge is 0.127 e. The lowest BCUT2D eigenvalue weighted by molar-refractivity contribution is 0.476. The van der Waals surface area contributed by atoms with Crippen LogP contribution in [0.3, 0.4) is 0 Å². The van der Waals surface area contributed by atoms with Crippen LogP contribution in [-0.4, -0.2) is 4.33 Å². The van der Waals surface area contributed by atoms with Gasteiger partial charge in [-0.1, -0.05) is 20.8 Å². The zero-order valence-corrected chi connectivity index (χ0v) is 8.26. The van der Waals surface area contributed by atoms with Crippen LogP contribution in [0.5, 0.6) is 0 Å². The quantitative estimate of drug-likeness (QED) is 0.570. The summed E-state index contributed by atoms with van der Waals surface area (Å²) in [6.45, 7) is 6.46. The molecule has 1 aliphatic carbocycles. The van der Waals surface area contributed by atoms with E-state index in [0.717, 1.165) is 12.8 Å². The molecule has 0 saturated heterocycles. The van der Waals surface area contributed by atoms with E-state index in [-0.39, 0.29) is 5.41 Å². The van der Waals surface area contributed by atoms with Gasteiger partial charge >= 0.3 is 0 Å². The lowest BCUT2D eigenvalue weighted by atomic mass is 10.0. The molecule has 60 valence electrons. The topological polar surface area (TPSA) is 0 Å². The zero-order chi connectivity index (χ0) is 7.99. The maximum atomic E-state index is 6.08. The predicted molar refractivity (Wildman–Crippen MR) is 46.6 cm³/mol. The van der Waals surface area contributed by atoms with Crippen molar-refractivity contribution in [2.75, 3.05) is 0 Å². The first-order valence-electron chi connectivity index (χ1n) is 3.88. The van der Waals surface area contributed by atoms with Crippen molar-refractivity contribution in [1.29, 1.82) is 0 Å². The Morgan fingerprint density at radius 1 is 1.30 bits per heavy atom. The van der Waals surface area contributed by atoms with Crippen LogP contribution < -0.4 is 0 Å². The van der Waals surface area contributed by atoms with E-state index in [1.165, 1.54) is 0 Å². The highest BCUT2D eigenvalue weighted by Gasteiger charge is 2.70. The predicted octanol–water partition coefficient (Wildman–Crippen LogP) is 3.62. The van der Waals surface area contributed by atoms with E-state index in [0.29, 0.717) is 5.92 Å². The molecule has 0 amide bonds. The highest BCUT2D eigenvalue weighted by molar-refractivity contribution is 6.51. The fourth-order valence-corrected chi connectivity index (χ4v) is 3.08. The molecule has 1 fully saturated rings. The third-order valence-electron chi connectivity index (χ3n) is 3.03. The zero-order valence-electron chi connectivity index (χ0n) is 6.75. The van der Waals surface area contributed by atoms with Gasteiger partial charge in [0, 0.05) is 11.3 Å². The number of rotatable bonds is 2. The number of hydrogen-bond donors (Lipinski definition) is 0. The highest BCUT2D eigenvalue weighted by Crippen LogP contribution is 2.71. The van der Waals surface area contributed by atoms with Crippen molar-refractivity contribution in [3.63, 3.8) is 0 Å². The van der Waals surface area contributed by atoms with Crippen molar-refractivity contribution in [3.05, 3.63) is 0 Å². The summed E-state index contributed by atoms with van der Waals surface area (Å²) in [5.74, 6) is 0.508. The van der Waals surface area contributed by atoms with Crippen LogP contribution in [0.15, 0.2) is 0 Å². The lowest BCUT2D eigenvalue weighted by Crippen LogP contribution is -2.01. The number of hydrogen-bond acceptors (Lipinski definition) is 0. The van der Waals surface area contributed by atoms with Crippen molar-refractivity contribution < 1.29 is 0 Å². The first kappa shape index (κ1) is 8.67. The van der Waals surface area contributed by atoms with Crippen molar-refractivity contribution >= 4 is 23.2 Å². The molecule has 0 aromatic carbocycles. The molecule has 0 nitrogen and oxygen atoms in total. The molecule has 10 heavy (non-hydrogen) atoms. The molecule has 0 aliphatic heterocycles. The second-order valence-electron chi connectivity index (χ2n) is 3.35. The highest BCUT2D eigenvalue weighted by atomic mass is 35.5. The fourth-order valence-electron chi connectivity index (χ4n) is 1.86. The van der Waals surface area contributed by atoms with Crippen LogP contribution in [0.25, 0.3) is 0 Å². The molecule has 0 heterocycles. The Bertz CT molecular complexity index is 142. The van der Waals surface area contributed by atoms with Crippen LogP contribution in [0, 0.1) is 11.3 Å². The van der Waals surface area contributed by atoms with Crippen molar-refractivity contribution in [3.8, 4) is 0 Å². The molecule has 0 aromatic heterocycles. The maximum absolute atomic E-state index is 6.08. The average molecular weight is 181 g/mol. The van der Waals surface area contributed by atoms with Gasteiger partial charge in [-0.05, 0) is 12.8 Å². The first-order valence-corrected chi connectivity index (χ1v) is 4.64. The van der Waals surface area contributed by atoms with Crippen LogP contribution >= 0.6 is 23.2 Å². The van der Waals surface area contributed by atoms with Gasteiger partial charge in [-0.15, -0.1) is 23.2 Å². The Balaban J connectivity index is 2.68. The summed E-state index contributed by atoms with van der Waals surface area (Å²) >= 11 is 12.2. The molecule has 1 aliphatic rings. The Hall–Kier alpha value is 0.580. The third-order valence-corrected chi connectivity index (χ3v) is 4.42. The van der Waals surface area contributed by atoms with Gasteiger partial charge in [0.15, 0.2) is 0 Å². The molecule has 0 radical (unpaired) electrons. The van der Waals surface area contributed by atoms with Gasteiger partial charge in [0.1, 0.15) is 4.33 Å². The van der Waals surface area contributed by atoms with E-state index in [1.54, 1.807) is 0 Å². The Morgan fingerprint density at radius 3 is 1.90 bits per heavy atom. The fraction of sp³-hybridized carbons (Fsp3) is 1.00. The molecule has 0 spiro atoms. The standard InChI is InChI=1S/C8H14Cl2/c1-4-6-7(3,5-2)8(6,9)10/h6H,4-5H2,1-3H3. The molecule has 0 bridgehead atoms. The van der Waals surface area contributed by atoms with Gasteiger partial charge in [-0.2, -0.15) is 0 Å². The number of alkyl halides is 2. The summed E-state index contributed by atoms with van der Waals surface area (Å²) in [5, 5.41) is 0. The van der Waals surface area contributed by atoms with E-state index in [2.05, 4.69) is 20.8 Å². The summed E-state index contributed by atoms with van der Waals surface area (Å²) in [6, 6.07) is 0. The normalized spacial score (nSPS) is 43.5. The summed E-state index contributed by atoms with van der Waals surface area (Å²) in [7, 11) is 0. The minimum Gasteiger partial charge on any atom is -0.101 e. The van der Waals surface area contributed by atoms with Gasteiger partial charge in [0.2, 0.25) is 0 Å². The van der Waals surface area contributed by atoms with E-state index in [4.69, 9.17) is 23.2 Å². The van der Waals surface area contributed by atoms with E-state index >= 15 is 0 Å². The van der Waals surface area contributed by atoms with E-state index in [1.807, 2.05) is 0 Å². The monoisotopic (exact) mass is 180 g/mol. The molecule has 2 atom stereocenters. The summed E-state index contributed by atoms with van der Waals surface area (Å²) in [4.78, 5) is 0. The molecule has 0 N–H and O–H groups in total. The second kappa shape index (κ2) is 2.28. The lowest BCUT2D eigenvalue weighted by Gasteiger charge is -2.05. The van der Waals surface area contributed by atoms with Gasteiger partial charge in [-0.3, -0.25) is 0 Å². The Morgan fingerprint density at radius 2 is 1.80 bits per heavy atom. The van der Waals surface area contributed by atoms with Gasteiger partial charge in [0.05, 0.1) is 0 Å². The molecule has 0 aromatic rings. The van der Waals surface area contributed by atoms with Gasteiger partial charge in [-0.25, -0.2) is 0 Å². The minimum absolute atomic E-state index is 0.185. The van der Waals surface area contributed by atoms with Crippen LogP contribution in [0.2, 0.25) is 0 Å². The van der Waals surface area contributed by atoms with E-state index < -0.39 is 4.33 Å². The Labute approximate surface area is 72.9 Å². The van der Waals surface area contributed by atoms with Crippen molar-refractivity contribution in [2.45, 2.75) is 37.9 Å². The van der Waals surface area contributed by atoms with Crippen LogP contribution in [0.4, 0.5) is 0 Å². The van der Waals surface area contributed by atoms with Crippen molar-refractivity contribution in [2.24, 2.45) is 11.3 Å². The van der Waals surface area contributed by atoms with Crippen molar-refractivity contribution in [1.82, 2.24) is 0 Å². The molecular weight excluding hydrogens is 167 g/mol.